The van der Waals surface area contributed by atoms with Crippen LogP contribution in [0.5, 0.6) is 0 Å². The molecule has 0 saturated carbocycles. The minimum Gasteiger partial charge on any atom is -0.462 e. The summed E-state index contributed by atoms with van der Waals surface area (Å²) in [6.45, 7) is 14.1. The van der Waals surface area contributed by atoms with Gasteiger partial charge in [-0.3, -0.25) is 37.3 Å². The summed E-state index contributed by atoms with van der Waals surface area (Å²) in [5.74, 6) is 0.836. The topological polar surface area (TPSA) is 237 Å². The van der Waals surface area contributed by atoms with E-state index in [1.165, 1.54) is 173 Å². The van der Waals surface area contributed by atoms with Gasteiger partial charge in [-0.15, -0.1) is 0 Å². The van der Waals surface area contributed by atoms with Gasteiger partial charge in [-0.25, -0.2) is 9.13 Å². The van der Waals surface area contributed by atoms with Crippen molar-refractivity contribution in [3.05, 3.63) is 0 Å². The molecule has 0 radical (unpaired) electrons. The zero-order valence-corrected chi connectivity index (χ0v) is 63.4. The summed E-state index contributed by atoms with van der Waals surface area (Å²) in [6, 6.07) is 0. The Bertz CT molecular complexity index is 1850. The molecule has 3 N–H and O–H groups in total. The Morgan fingerprint density at radius 1 is 0.266 bits per heavy atom. The Morgan fingerprint density at radius 3 is 0.660 bits per heavy atom. The van der Waals surface area contributed by atoms with E-state index in [1.54, 1.807) is 0 Å². The number of carbonyl (C=O) groups excluding carboxylic acids is 4. The third-order valence-corrected chi connectivity index (χ3v) is 19.2. The Balaban J connectivity index is 5.13. The van der Waals surface area contributed by atoms with Crippen molar-refractivity contribution >= 4 is 39.5 Å². The Kier molecular flexibility index (Phi) is 63.1. The maximum atomic E-state index is 13.0. The van der Waals surface area contributed by atoms with Gasteiger partial charge in [0.1, 0.15) is 19.3 Å². The summed E-state index contributed by atoms with van der Waals surface area (Å²) >= 11 is 0. The predicted octanol–water partition coefficient (Wildman–Crippen LogP) is 21.7. The van der Waals surface area contributed by atoms with E-state index in [1.807, 2.05) is 0 Å². The number of rotatable bonds is 72. The summed E-state index contributed by atoms with van der Waals surface area (Å²) in [5.41, 5.74) is 0. The molecule has 0 aromatic heterocycles. The van der Waals surface area contributed by atoms with Crippen LogP contribution in [0, 0.1) is 23.7 Å². The first-order chi connectivity index (χ1) is 45.1. The maximum absolute atomic E-state index is 13.0. The second-order valence-electron chi connectivity index (χ2n) is 28.9. The van der Waals surface area contributed by atoms with Gasteiger partial charge in [-0.05, 0) is 49.4 Å². The molecule has 0 aromatic rings. The maximum Gasteiger partial charge on any atom is 0.472 e. The summed E-state index contributed by atoms with van der Waals surface area (Å²) in [6.07, 6.45) is 49.0. The fourth-order valence-electron chi connectivity index (χ4n) is 11.4. The van der Waals surface area contributed by atoms with E-state index in [9.17, 15) is 43.2 Å². The van der Waals surface area contributed by atoms with E-state index in [0.717, 1.165) is 108 Å². The van der Waals surface area contributed by atoms with Crippen molar-refractivity contribution in [1.82, 2.24) is 0 Å². The van der Waals surface area contributed by atoms with Crippen molar-refractivity contribution in [1.29, 1.82) is 0 Å². The highest BCUT2D eigenvalue weighted by atomic mass is 31.2. The Hall–Kier alpha value is -1.94. The summed E-state index contributed by atoms with van der Waals surface area (Å²) in [7, 11) is -9.91. The quantitative estimate of drug-likeness (QED) is 0.0222. The van der Waals surface area contributed by atoms with Gasteiger partial charge >= 0.3 is 39.5 Å². The molecule has 0 aliphatic carbocycles. The Labute approximate surface area is 575 Å². The van der Waals surface area contributed by atoms with Gasteiger partial charge in [0, 0.05) is 25.7 Å². The molecule has 0 spiro atoms. The zero-order chi connectivity index (χ0) is 69.6. The van der Waals surface area contributed by atoms with E-state index < -0.39 is 97.5 Å². The van der Waals surface area contributed by atoms with E-state index >= 15 is 0 Å². The van der Waals surface area contributed by atoms with Crippen LogP contribution in [-0.2, 0) is 65.4 Å². The molecule has 0 amide bonds. The second kappa shape index (κ2) is 64.4. The number of ether oxygens (including phenoxy) is 4. The van der Waals surface area contributed by atoms with Crippen LogP contribution in [-0.4, -0.2) is 96.7 Å². The molecule has 5 atom stereocenters. The lowest BCUT2D eigenvalue weighted by atomic mass is 10.0. The average molecular weight is 1380 g/mol. The highest BCUT2D eigenvalue weighted by Gasteiger charge is 2.30. The van der Waals surface area contributed by atoms with Crippen LogP contribution in [0.4, 0.5) is 0 Å². The van der Waals surface area contributed by atoms with E-state index in [2.05, 4.69) is 55.4 Å². The number of phosphoric ester groups is 2. The fourth-order valence-corrected chi connectivity index (χ4v) is 13.0. The van der Waals surface area contributed by atoms with Crippen LogP contribution in [0.3, 0.4) is 0 Å². The molecule has 0 aromatic carbocycles. The summed E-state index contributed by atoms with van der Waals surface area (Å²) in [5, 5.41) is 10.6. The SMILES string of the molecule is CC(C)CCCCCCCCCCCCCCCCCCCCC(=O)OC[C@H](COP(=O)(O)OC[C@@H](O)COP(=O)(O)OC[C@@H](COC(=O)CCCCCCCCC(C)C)OC(=O)CCCCCCCCCCCCCC(C)C)OC(=O)CCCCCCCCCC(C)C. The van der Waals surface area contributed by atoms with Crippen molar-refractivity contribution in [3.63, 3.8) is 0 Å². The smallest absolute Gasteiger partial charge is 0.462 e. The number of carbonyl (C=O) groups is 4. The number of hydrogen-bond acceptors (Lipinski definition) is 15. The number of aliphatic hydroxyl groups is 1. The molecule has 2 unspecified atom stereocenters. The van der Waals surface area contributed by atoms with Gasteiger partial charge in [0.15, 0.2) is 12.2 Å². The van der Waals surface area contributed by atoms with Crippen LogP contribution < -0.4 is 0 Å². The molecule has 558 valence electrons. The molecular formula is C75H146O17P2. The van der Waals surface area contributed by atoms with Gasteiger partial charge in [-0.1, -0.05) is 325 Å². The number of unbranched alkanes of at least 4 members (excludes halogenated alkanes) is 38. The monoisotopic (exact) mass is 1380 g/mol. The van der Waals surface area contributed by atoms with Crippen molar-refractivity contribution < 1.29 is 80.2 Å². The molecule has 0 heterocycles. The van der Waals surface area contributed by atoms with Gasteiger partial charge in [0.25, 0.3) is 0 Å². The second-order valence-corrected chi connectivity index (χ2v) is 31.9. The molecule has 0 aliphatic rings. The zero-order valence-electron chi connectivity index (χ0n) is 61.6. The standard InChI is InChI=1S/C75H146O17P2/c1-65(2)51-43-35-27-22-18-15-13-11-9-10-12-14-16-20-24-30-39-47-55-72(77)85-61-70(92-75(80)58-50-42-32-26-29-37-45-53-67(5)6)63-89-93(81,82)87-59-69(76)60-88-94(83,84)90-64-71(62-86-73(78)56-48-40-34-33-38-46-54-68(7)8)91-74(79)57-49-41-31-25-21-17-19-23-28-36-44-52-66(3)4/h65-71,76H,9-64H2,1-8H3,(H,81,82)(H,83,84)/t69-,70-,71-/m1/s1. The summed E-state index contributed by atoms with van der Waals surface area (Å²) < 4.78 is 68.4. The molecule has 0 rings (SSSR count). The van der Waals surface area contributed by atoms with Crippen molar-refractivity contribution in [2.75, 3.05) is 39.6 Å². The van der Waals surface area contributed by atoms with Crippen molar-refractivity contribution in [2.24, 2.45) is 23.7 Å². The minimum atomic E-state index is -4.95. The summed E-state index contributed by atoms with van der Waals surface area (Å²) in [4.78, 5) is 72.6. The number of aliphatic hydroxyl groups excluding tert-OH is 1. The van der Waals surface area contributed by atoms with Crippen LogP contribution in [0.2, 0.25) is 0 Å². The van der Waals surface area contributed by atoms with Gasteiger partial charge in [0.05, 0.1) is 26.4 Å². The molecule has 0 saturated heterocycles. The van der Waals surface area contributed by atoms with Crippen LogP contribution in [0.1, 0.15) is 376 Å². The molecule has 0 aliphatic heterocycles. The van der Waals surface area contributed by atoms with Crippen LogP contribution in [0.25, 0.3) is 0 Å². The highest BCUT2D eigenvalue weighted by Crippen LogP contribution is 2.45. The first-order valence-corrected chi connectivity index (χ1v) is 41.7. The lowest BCUT2D eigenvalue weighted by molar-refractivity contribution is -0.161. The third kappa shape index (κ3) is 68.6. The van der Waals surface area contributed by atoms with E-state index in [0.29, 0.717) is 37.5 Å². The number of hydrogen-bond donors (Lipinski definition) is 3. The van der Waals surface area contributed by atoms with Crippen molar-refractivity contribution in [3.8, 4) is 0 Å². The molecule has 0 bridgehead atoms. The Morgan fingerprint density at radius 2 is 0.447 bits per heavy atom. The minimum absolute atomic E-state index is 0.103. The first kappa shape index (κ1) is 92.1. The first-order valence-electron chi connectivity index (χ1n) is 38.7. The average Bonchev–Trinajstić information content (AvgIpc) is 1.59. The molecule has 19 heteroatoms. The van der Waals surface area contributed by atoms with Crippen molar-refractivity contribution in [2.45, 2.75) is 395 Å². The molecule has 94 heavy (non-hydrogen) atoms. The lowest BCUT2D eigenvalue weighted by Gasteiger charge is -2.21. The fraction of sp³-hybridized carbons (Fsp3) is 0.947. The third-order valence-electron chi connectivity index (χ3n) is 17.3. The molecular weight excluding hydrogens is 1230 g/mol. The van der Waals surface area contributed by atoms with Gasteiger partial charge in [0.2, 0.25) is 0 Å². The largest absolute Gasteiger partial charge is 0.472 e. The van der Waals surface area contributed by atoms with Crippen LogP contribution >= 0.6 is 15.6 Å². The number of phosphoric acid groups is 2. The predicted molar refractivity (Wildman–Crippen MR) is 381 cm³/mol. The lowest BCUT2D eigenvalue weighted by Crippen LogP contribution is -2.30. The molecule has 0 fully saturated rings. The highest BCUT2D eigenvalue weighted by molar-refractivity contribution is 7.47. The van der Waals surface area contributed by atoms with Crippen LogP contribution in [0.15, 0.2) is 0 Å². The normalized spacial score (nSPS) is 14.2. The van der Waals surface area contributed by atoms with Gasteiger partial charge < -0.3 is 33.8 Å². The van der Waals surface area contributed by atoms with E-state index in [-0.39, 0.29) is 25.7 Å². The number of esters is 4. The van der Waals surface area contributed by atoms with Gasteiger partial charge in [-0.2, -0.15) is 0 Å². The molecule has 17 nitrogen and oxygen atoms in total. The van der Waals surface area contributed by atoms with E-state index in [4.69, 9.17) is 37.0 Å².